The first-order valence-corrected chi connectivity index (χ1v) is 7.38. The van der Waals surface area contributed by atoms with Gasteiger partial charge in [-0.1, -0.05) is 4.99 Å². The molecule has 120 valence electrons. The monoisotopic (exact) mass is 325 g/mol. The van der Waals surface area contributed by atoms with Crippen LogP contribution in [0.2, 0.25) is 0 Å². The number of hydrogen-bond donors (Lipinski definition) is 1. The van der Waals surface area contributed by atoms with Gasteiger partial charge in [-0.15, -0.1) is 0 Å². The zero-order valence-electron chi connectivity index (χ0n) is 12.4. The van der Waals surface area contributed by atoms with Gasteiger partial charge >= 0.3 is 0 Å². The van der Waals surface area contributed by atoms with Crippen molar-refractivity contribution in [2.45, 2.75) is 18.8 Å². The number of anilines is 1. The summed E-state index contributed by atoms with van der Waals surface area (Å²) in [5.41, 5.74) is 4.22. The summed E-state index contributed by atoms with van der Waals surface area (Å²) in [4.78, 5) is 14.3. The predicted octanol–water partition coefficient (Wildman–Crippen LogP) is 2.95. The highest BCUT2D eigenvalue weighted by molar-refractivity contribution is 5.48. The van der Waals surface area contributed by atoms with Crippen molar-refractivity contribution in [3.8, 4) is 11.8 Å². The maximum absolute atomic E-state index is 13.3. The molecular formula is C16H12FN5O2. The van der Waals surface area contributed by atoms with Gasteiger partial charge in [-0.05, 0) is 25.0 Å². The third kappa shape index (κ3) is 2.73. The van der Waals surface area contributed by atoms with Crippen LogP contribution in [0.3, 0.4) is 0 Å². The summed E-state index contributed by atoms with van der Waals surface area (Å²) in [6, 6.07) is 9.11. The lowest BCUT2D eigenvalue weighted by atomic mass is 10.2. The van der Waals surface area contributed by atoms with Crippen LogP contribution in [-0.2, 0) is 4.99 Å². The summed E-state index contributed by atoms with van der Waals surface area (Å²) in [5.74, 6) is 0.637. The van der Waals surface area contributed by atoms with Crippen molar-refractivity contribution in [1.82, 2.24) is 14.6 Å². The molecule has 1 fully saturated rings. The van der Waals surface area contributed by atoms with Crippen LogP contribution in [0.5, 0.6) is 5.75 Å². The van der Waals surface area contributed by atoms with Crippen molar-refractivity contribution in [2.75, 3.05) is 5.48 Å². The van der Waals surface area contributed by atoms with Crippen molar-refractivity contribution in [3.63, 3.8) is 0 Å². The smallest absolute Gasteiger partial charge is 0.169 e. The number of fused-ring (bicyclic) bond motifs is 1. The number of nitrogens with zero attached hydrogens (tertiary/aromatic N) is 4. The van der Waals surface area contributed by atoms with Gasteiger partial charge in [0.1, 0.15) is 11.9 Å². The van der Waals surface area contributed by atoms with E-state index < -0.39 is 5.82 Å². The minimum atomic E-state index is -0.613. The Balaban J connectivity index is 1.48. The largest absolute Gasteiger partial charge is 0.314 e. The van der Waals surface area contributed by atoms with Gasteiger partial charge in [0.25, 0.3) is 0 Å². The second-order valence-electron chi connectivity index (χ2n) is 5.47. The standard InChI is InChI=1S/C16H12FN5O2/c17-13-4-3-12(7-11(13)9-18)23-24-21-15-5-6-19-16-8-14(10-1-2-10)20-22(15)16/h3-8,10,21H,1-2H2. The summed E-state index contributed by atoms with van der Waals surface area (Å²) >= 11 is 0. The average Bonchev–Trinajstić information content (AvgIpc) is 3.35. The van der Waals surface area contributed by atoms with Crippen molar-refractivity contribution < 1.29 is 14.3 Å². The lowest BCUT2D eigenvalue weighted by molar-refractivity contribution is -0.179. The van der Waals surface area contributed by atoms with Gasteiger partial charge in [0.05, 0.1) is 11.3 Å². The zero-order chi connectivity index (χ0) is 16.5. The van der Waals surface area contributed by atoms with Gasteiger partial charge in [-0.25, -0.2) is 14.9 Å². The van der Waals surface area contributed by atoms with E-state index in [-0.39, 0.29) is 11.3 Å². The van der Waals surface area contributed by atoms with Crippen LogP contribution in [0, 0.1) is 17.1 Å². The molecule has 8 heteroatoms. The van der Waals surface area contributed by atoms with E-state index in [9.17, 15) is 4.39 Å². The van der Waals surface area contributed by atoms with Crippen LogP contribution in [0.1, 0.15) is 30.0 Å². The van der Waals surface area contributed by atoms with Crippen LogP contribution < -0.4 is 10.4 Å². The number of nitriles is 1. The Labute approximate surface area is 136 Å². The molecule has 2 aromatic heterocycles. The maximum atomic E-state index is 13.3. The van der Waals surface area contributed by atoms with Gasteiger partial charge in [-0.3, -0.25) is 0 Å². The van der Waals surface area contributed by atoms with Crippen LogP contribution >= 0.6 is 0 Å². The van der Waals surface area contributed by atoms with E-state index in [2.05, 4.69) is 15.6 Å². The zero-order valence-corrected chi connectivity index (χ0v) is 12.4. The molecule has 24 heavy (non-hydrogen) atoms. The van der Waals surface area contributed by atoms with E-state index in [1.165, 1.54) is 12.1 Å². The van der Waals surface area contributed by atoms with Crippen molar-refractivity contribution >= 4 is 11.5 Å². The number of benzene rings is 1. The van der Waals surface area contributed by atoms with E-state index >= 15 is 0 Å². The Hall–Kier alpha value is -3.18. The summed E-state index contributed by atoms with van der Waals surface area (Å²) in [6.07, 6.45) is 3.93. The Kier molecular flexibility index (Phi) is 3.48. The second-order valence-corrected chi connectivity index (χ2v) is 5.47. The number of nitrogens with one attached hydrogen (secondary N) is 1. The molecule has 1 N–H and O–H groups in total. The highest BCUT2D eigenvalue weighted by Crippen LogP contribution is 2.39. The fourth-order valence-electron chi connectivity index (χ4n) is 2.32. The number of rotatable bonds is 5. The second kappa shape index (κ2) is 5.79. The van der Waals surface area contributed by atoms with E-state index in [0.29, 0.717) is 17.4 Å². The fourth-order valence-corrected chi connectivity index (χ4v) is 2.32. The van der Waals surface area contributed by atoms with Crippen LogP contribution in [0.15, 0.2) is 36.5 Å². The first kappa shape index (κ1) is 14.4. The van der Waals surface area contributed by atoms with Gasteiger partial charge in [0.2, 0.25) is 0 Å². The Bertz CT molecular complexity index is 945. The molecular weight excluding hydrogens is 313 g/mol. The van der Waals surface area contributed by atoms with E-state index in [4.69, 9.17) is 15.1 Å². The molecule has 0 spiro atoms. The van der Waals surface area contributed by atoms with E-state index in [1.807, 2.05) is 6.07 Å². The molecule has 0 amide bonds. The maximum Gasteiger partial charge on any atom is 0.169 e. The first-order chi connectivity index (χ1) is 11.7. The van der Waals surface area contributed by atoms with Gasteiger partial charge < -0.3 is 4.89 Å². The van der Waals surface area contributed by atoms with E-state index in [0.717, 1.165) is 24.6 Å². The van der Waals surface area contributed by atoms with Gasteiger partial charge in [0.15, 0.2) is 17.2 Å². The minimum absolute atomic E-state index is 0.122. The third-order valence-corrected chi connectivity index (χ3v) is 3.71. The highest BCUT2D eigenvalue weighted by Gasteiger charge is 2.26. The fraction of sp³-hybridized carbons (Fsp3) is 0.188. The Morgan fingerprint density at radius 3 is 2.96 bits per heavy atom. The molecule has 0 bridgehead atoms. The normalized spacial score (nSPS) is 13.7. The molecule has 2 heterocycles. The molecule has 0 aliphatic heterocycles. The minimum Gasteiger partial charge on any atom is -0.314 e. The SMILES string of the molecule is N#Cc1cc(OONc2ccnc3cc(C4CC4)nn23)ccc1F. The number of halogens is 1. The van der Waals surface area contributed by atoms with Crippen LogP contribution in [0.4, 0.5) is 10.2 Å². The topological polar surface area (TPSA) is 84.5 Å². The Morgan fingerprint density at radius 2 is 2.17 bits per heavy atom. The Morgan fingerprint density at radius 1 is 1.29 bits per heavy atom. The molecule has 1 saturated carbocycles. The molecule has 1 aromatic carbocycles. The summed E-state index contributed by atoms with van der Waals surface area (Å²) in [7, 11) is 0. The summed E-state index contributed by atoms with van der Waals surface area (Å²) < 4.78 is 14.9. The van der Waals surface area contributed by atoms with Crippen molar-refractivity contribution in [1.29, 1.82) is 5.26 Å². The predicted molar refractivity (Wildman–Crippen MR) is 81.4 cm³/mol. The van der Waals surface area contributed by atoms with E-state index in [1.54, 1.807) is 22.8 Å². The first-order valence-electron chi connectivity index (χ1n) is 7.38. The van der Waals surface area contributed by atoms with Crippen molar-refractivity contribution in [2.24, 2.45) is 0 Å². The molecule has 1 aliphatic rings. The molecule has 0 atom stereocenters. The van der Waals surface area contributed by atoms with Gasteiger partial charge in [0, 0.05) is 30.3 Å². The molecule has 3 aromatic rings. The molecule has 4 rings (SSSR count). The molecule has 0 radical (unpaired) electrons. The number of aromatic nitrogens is 3. The average molecular weight is 325 g/mol. The molecule has 1 aliphatic carbocycles. The third-order valence-electron chi connectivity index (χ3n) is 3.71. The van der Waals surface area contributed by atoms with Crippen molar-refractivity contribution in [3.05, 3.63) is 53.6 Å². The molecule has 0 unspecified atom stereocenters. The summed E-state index contributed by atoms with van der Waals surface area (Å²) in [6.45, 7) is 0. The number of hydrogen-bond acceptors (Lipinski definition) is 6. The van der Waals surface area contributed by atoms with Gasteiger partial charge in [-0.2, -0.15) is 14.9 Å². The van der Waals surface area contributed by atoms with Crippen LogP contribution in [-0.4, -0.2) is 14.6 Å². The lowest BCUT2D eigenvalue weighted by Gasteiger charge is -2.08. The summed E-state index contributed by atoms with van der Waals surface area (Å²) in [5, 5.41) is 13.3. The lowest BCUT2D eigenvalue weighted by Crippen LogP contribution is -2.09. The molecule has 7 nitrogen and oxygen atoms in total. The quantitative estimate of drug-likeness (QED) is 0.573. The molecule has 0 saturated heterocycles. The van der Waals surface area contributed by atoms with Crippen LogP contribution in [0.25, 0.3) is 5.65 Å². The highest BCUT2D eigenvalue weighted by atomic mass is 19.1.